The van der Waals surface area contributed by atoms with Crippen molar-refractivity contribution < 1.29 is 72.9 Å². The van der Waals surface area contributed by atoms with Crippen LogP contribution < -0.4 is 54.4 Å². The summed E-state index contributed by atoms with van der Waals surface area (Å²) < 4.78 is 0. The number of aliphatic carboxylic acids is 2. The third kappa shape index (κ3) is 23.2. The Morgan fingerprint density at radius 1 is 0.688 bits per heavy atom. The second-order valence-electron chi connectivity index (χ2n) is 21.6. The van der Waals surface area contributed by atoms with E-state index in [2.05, 4.69) is 37.2 Å². The van der Waals surface area contributed by atoms with Crippen LogP contribution in [0.1, 0.15) is 130 Å². The van der Waals surface area contributed by atoms with Crippen LogP contribution in [0.4, 0.5) is 0 Å². The molecule has 0 unspecified atom stereocenters. The molecule has 26 heteroatoms. The van der Waals surface area contributed by atoms with E-state index in [1.807, 2.05) is 27.7 Å². The molecule has 26 nitrogen and oxygen atoms in total. The summed E-state index contributed by atoms with van der Waals surface area (Å²) in [5, 5.41) is 47.6. The van der Waals surface area contributed by atoms with Crippen LogP contribution in [-0.2, 0) is 64.0 Å². The van der Waals surface area contributed by atoms with Gasteiger partial charge in [-0.05, 0) is 106 Å². The van der Waals surface area contributed by atoms with E-state index in [4.69, 9.17) is 17.2 Å². The number of carbonyl (C=O) groups excluding carboxylic acids is 10. The van der Waals surface area contributed by atoms with E-state index in [0.717, 1.165) is 4.90 Å². The van der Waals surface area contributed by atoms with Gasteiger partial charge in [-0.1, -0.05) is 45.9 Å². The normalized spacial score (nSPS) is 17.2. The number of nitrogens with zero attached hydrogens (tertiary/aromatic N) is 1. The fourth-order valence-corrected chi connectivity index (χ4v) is 9.38. The van der Waals surface area contributed by atoms with Gasteiger partial charge in [-0.2, -0.15) is 0 Å². The number of carboxylic acid groups (broad SMARTS) is 2. The van der Waals surface area contributed by atoms with Gasteiger partial charge in [-0.15, -0.1) is 0 Å². The number of carboxylic acids is 2. The predicted molar refractivity (Wildman–Crippen MR) is 290 cm³/mol. The van der Waals surface area contributed by atoms with Crippen molar-refractivity contribution in [2.75, 3.05) is 32.7 Å². The number of carbonyl (C=O) groups is 12. The number of aromatic hydroxyl groups is 1. The lowest BCUT2D eigenvalue weighted by Gasteiger charge is -2.31. The Balaban J connectivity index is 1.77. The van der Waals surface area contributed by atoms with Crippen LogP contribution in [-0.4, -0.2) is 166 Å². The topological polar surface area (TPSA) is 431 Å². The number of hydrogen-bond acceptors (Lipinski definition) is 16. The Morgan fingerprint density at radius 2 is 1.25 bits per heavy atom. The maximum absolute atomic E-state index is 14.4. The summed E-state index contributed by atoms with van der Waals surface area (Å²) in [4.78, 5) is 159. The number of hydrogen-bond donors (Lipinski definition) is 13. The van der Waals surface area contributed by atoms with Crippen LogP contribution in [0.25, 0.3) is 0 Å². The van der Waals surface area contributed by atoms with Gasteiger partial charge in [0.15, 0.2) is 11.6 Å². The molecule has 1 aromatic carbocycles. The Labute approximate surface area is 465 Å². The number of unbranched alkanes of at least 4 members (excludes halogenated alkanes) is 2. The van der Waals surface area contributed by atoms with E-state index in [-0.39, 0.29) is 112 Å². The minimum absolute atomic E-state index is 0.0466. The van der Waals surface area contributed by atoms with Crippen molar-refractivity contribution in [1.82, 2.24) is 42.1 Å². The molecule has 1 heterocycles. The Bertz CT molecular complexity index is 2370. The second kappa shape index (κ2) is 33.3. The fourth-order valence-electron chi connectivity index (χ4n) is 9.38. The molecule has 0 aromatic heterocycles. The number of rotatable bonds is 35. The minimum Gasteiger partial charge on any atom is -0.508 e. The molecule has 1 aliphatic heterocycles. The van der Waals surface area contributed by atoms with Crippen molar-refractivity contribution in [2.24, 2.45) is 28.5 Å². The molecule has 0 radical (unpaired) electrons. The highest BCUT2D eigenvalue weighted by Gasteiger charge is 2.41. The van der Waals surface area contributed by atoms with Crippen LogP contribution >= 0.6 is 0 Å². The van der Waals surface area contributed by atoms with Gasteiger partial charge < -0.3 is 74.6 Å². The average Bonchev–Trinajstić information content (AvgIpc) is 3.87. The van der Waals surface area contributed by atoms with Crippen molar-refractivity contribution in [3.8, 4) is 5.75 Å². The Kier molecular flexibility index (Phi) is 27.9. The summed E-state index contributed by atoms with van der Waals surface area (Å²) in [5.41, 5.74) is 17.1. The zero-order chi connectivity index (χ0) is 59.7. The van der Waals surface area contributed by atoms with Crippen LogP contribution in [0.2, 0.25) is 0 Å². The molecule has 2 aliphatic rings. The summed E-state index contributed by atoms with van der Waals surface area (Å²) in [6.07, 6.45) is 2.19. The summed E-state index contributed by atoms with van der Waals surface area (Å²) in [7, 11) is 0. The third-order valence-electron chi connectivity index (χ3n) is 13.5. The molecule has 1 saturated heterocycles. The van der Waals surface area contributed by atoms with E-state index in [1.54, 1.807) is 6.08 Å². The SMILES string of the molecule is CC(C)C[C@H](NC(=O)[C@@H](CCCCN)NC(=O)[C@@H]1CCCN1C(=O)[C@@H](CC(=O)O)NC(=O)[C@@H](Cc1ccc(O)cc1)NC(=O)[C@H](CCC(=O)O)NC(=O)CCN)C(=O)N[C@@H](CCCCNCC=C1C(=O)CC(C)(C)CC1=O)C(N)=O. The van der Waals surface area contributed by atoms with Crippen LogP contribution in [0.3, 0.4) is 0 Å². The standard InChI is InChI=1S/C54H83N11O15/c1-31(2)26-38(50(77)60-35(47(57)74)10-6-8-23-58-24-20-34-42(67)29-54(3,4)30-43(34)68)62-48(75)36(11-5-7-21-55)61-52(79)41-12-9-25-65(41)53(80)40(28-46(72)73)64-51(78)39(27-32-13-15-33(66)16-14-32)63-49(76)37(17-18-45(70)71)59-44(69)19-22-56/h13-16,20,31,35-41,58,66H,5-12,17-19,21-30,55-56H2,1-4H3,(H2,57,74)(H,59,69)(H,60,77)(H,61,79)(H,62,75)(H,63,76)(H,64,78)(H,70,71)(H,72,73)/t35-,36+,37-,38-,39+,40+,41-/m0/s1. The zero-order valence-electron chi connectivity index (χ0n) is 46.3. The van der Waals surface area contributed by atoms with Crippen LogP contribution in [0.15, 0.2) is 35.9 Å². The molecular weight excluding hydrogens is 1040 g/mol. The maximum atomic E-state index is 14.4. The third-order valence-corrected chi connectivity index (χ3v) is 13.5. The Morgan fingerprint density at radius 3 is 1.84 bits per heavy atom. The van der Waals surface area contributed by atoms with Gasteiger partial charge in [-0.3, -0.25) is 57.5 Å². The van der Waals surface area contributed by atoms with Crippen molar-refractivity contribution in [2.45, 2.75) is 173 Å². The number of primary amides is 1. The summed E-state index contributed by atoms with van der Waals surface area (Å²) in [5.74, 6) is -10.2. The summed E-state index contributed by atoms with van der Waals surface area (Å²) >= 11 is 0. The lowest BCUT2D eigenvalue weighted by atomic mass is 9.74. The number of nitrogens with one attached hydrogen (secondary N) is 7. The fraction of sp³-hybridized carbons (Fsp3) is 0.630. The van der Waals surface area contributed by atoms with Gasteiger partial charge in [0.1, 0.15) is 48.0 Å². The molecule has 1 saturated carbocycles. The van der Waals surface area contributed by atoms with Crippen molar-refractivity contribution in [3.05, 3.63) is 41.5 Å². The summed E-state index contributed by atoms with van der Waals surface area (Å²) in [6.45, 7) is 8.23. The van der Waals surface area contributed by atoms with Gasteiger partial charge in [-0.25, -0.2) is 0 Å². The van der Waals surface area contributed by atoms with Crippen molar-refractivity contribution in [1.29, 1.82) is 0 Å². The highest BCUT2D eigenvalue weighted by molar-refractivity contribution is 6.22. The second-order valence-corrected chi connectivity index (χ2v) is 21.6. The highest BCUT2D eigenvalue weighted by Crippen LogP contribution is 2.33. The molecule has 7 atom stereocenters. The first-order chi connectivity index (χ1) is 37.7. The van der Waals surface area contributed by atoms with E-state index < -0.39 is 114 Å². The van der Waals surface area contributed by atoms with Gasteiger partial charge in [0, 0.05) is 51.7 Å². The maximum Gasteiger partial charge on any atom is 0.305 e. The number of nitrogens with two attached hydrogens (primary N) is 3. The molecular formula is C54H83N11O15. The lowest BCUT2D eigenvalue weighted by Crippen LogP contribution is -2.60. The molecule has 1 aromatic rings. The molecule has 1 aliphatic carbocycles. The number of Topliss-reactive ketones (excluding diaryl/α,β-unsaturated/α-hetero) is 2. The number of likely N-dealkylation sites (tertiary alicyclic amines) is 1. The first kappa shape index (κ1) is 67.0. The average molecular weight is 1130 g/mol. The number of amides is 8. The largest absolute Gasteiger partial charge is 0.508 e. The van der Waals surface area contributed by atoms with Crippen LogP contribution in [0, 0.1) is 11.3 Å². The molecule has 444 valence electrons. The van der Waals surface area contributed by atoms with Gasteiger partial charge in [0.25, 0.3) is 0 Å². The van der Waals surface area contributed by atoms with E-state index >= 15 is 0 Å². The van der Waals surface area contributed by atoms with Gasteiger partial charge >= 0.3 is 11.9 Å². The number of ketones is 2. The molecule has 80 heavy (non-hydrogen) atoms. The molecule has 8 amide bonds. The number of phenols is 1. The van der Waals surface area contributed by atoms with E-state index in [9.17, 15) is 72.9 Å². The monoisotopic (exact) mass is 1130 g/mol. The van der Waals surface area contributed by atoms with E-state index in [1.165, 1.54) is 24.3 Å². The first-order valence-corrected chi connectivity index (χ1v) is 27.3. The summed E-state index contributed by atoms with van der Waals surface area (Å²) in [6, 6.07) is -4.21. The highest BCUT2D eigenvalue weighted by atomic mass is 16.4. The quantitative estimate of drug-likeness (QED) is 0.0216. The van der Waals surface area contributed by atoms with Gasteiger partial charge in [0.05, 0.1) is 12.0 Å². The van der Waals surface area contributed by atoms with Crippen LogP contribution in [0.5, 0.6) is 5.75 Å². The van der Waals surface area contributed by atoms with Crippen molar-refractivity contribution >= 4 is 70.8 Å². The number of phenolic OH excluding ortho intramolecular Hbond substituents is 1. The van der Waals surface area contributed by atoms with E-state index in [0.29, 0.717) is 50.6 Å². The Hall–Kier alpha value is -7.32. The number of allylic oxidation sites excluding steroid dienone is 1. The zero-order valence-corrected chi connectivity index (χ0v) is 46.3. The molecule has 3 rings (SSSR count). The van der Waals surface area contributed by atoms with Crippen molar-refractivity contribution in [3.63, 3.8) is 0 Å². The molecule has 0 bridgehead atoms. The molecule has 16 N–H and O–H groups in total. The van der Waals surface area contributed by atoms with Gasteiger partial charge in [0.2, 0.25) is 47.3 Å². The number of benzene rings is 1. The predicted octanol–water partition coefficient (Wildman–Crippen LogP) is -1.17. The molecule has 2 fully saturated rings. The minimum atomic E-state index is -1.82. The lowest BCUT2D eigenvalue weighted by molar-refractivity contribution is -0.146. The smallest absolute Gasteiger partial charge is 0.305 e. The first-order valence-electron chi connectivity index (χ1n) is 27.3. The molecule has 0 spiro atoms.